The minimum atomic E-state index is -0.456. The van der Waals surface area contributed by atoms with E-state index in [4.69, 9.17) is 16.1 Å². The molecule has 0 radical (unpaired) electrons. The Morgan fingerprint density at radius 3 is 2.74 bits per heavy atom. The average Bonchev–Trinajstić information content (AvgIpc) is 3.07. The van der Waals surface area contributed by atoms with Gasteiger partial charge in [-0.25, -0.2) is 4.98 Å². The Bertz CT molecular complexity index is 677. The smallest absolute Gasteiger partial charge is 0.249 e. The second-order valence-corrected chi connectivity index (χ2v) is 4.53. The lowest BCUT2D eigenvalue weighted by Crippen LogP contribution is -1.95. The van der Waals surface area contributed by atoms with Gasteiger partial charge in [0, 0.05) is 19.4 Å². The van der Waals surface area contributed by atoms with E-state index in [0.717, 1.165) is 5.56 Å². The molecule has 6 heteroatoms. The quantitative estimate of drug-likeness (QED) is 0.689. The Kier molecular flexibility index (Phi) is 3.05. The van der Waals surface area contributed by atoms with E-state index in [0.29, 0.717) is 17.5 Å². The van der Waals surface area contributed by atoms with E-state index in [2.05, 4.69) is 15.1 Å². The van der Waals surface area contributed by atoms with Crippen LogP contribution in [0.3, 0.4) is 0 Å². The zero-order valence-corrected chi connectivity index (χ0v) is 10.9. The first-order chi connectivity index (χ1) is 9.25. The molecule has 3 aromatic rings. The molecule has 96 valence electrons. The van der Waals surface area contributed by atoms with Crippen LogP contribution in [0.15, 0.2) is 47.2 Å². The molecule has 2 heterocycles. The van der Waals surface area contributed by atoms with Crippen molar-refractivity contribution >= 4 is 11.6 Å². The number of aryl methyl sites for hydroxylation is 1. The lowest BCUT2D eigenvalue weighted by atomic mass is 10.1. The Morgan fingerprint density at radius 2 is 2.05 bits per heavy atom. The van der Waals surface area contributed by atoms with Crippen molar-refractivity contribution in [1.29, 1.82) is 0 Å². The van der Waals surface area contributed by atoms with Crippen molar-refractivity contribution in [3.63, 3.8) is 0 Å². The van der Waals surface area contributed by atoms with Crippen LogP contribution in [0.1, 0.15) is 16.8 Å². The maximum absolute atomic E-state index is 6.32. The van der Waals surface area contributed by atoms with E-state index in [9.17, 15) is 0 Å². The normalized spacial score (nSPS) is 12.5. The van der Waals surface area contributed by atoms with Gasteiger partial charge in [0.2, 0.25) is 11.7 Å². The van der Waals surface area contributed by atoms with Crippen LogP contribution < -0.4 is 0 Å². The number of hydrogen-bond donors (Lipinski definition) is 0. The molecule has 0 amide bonds. The zero-order chi connectivity index (χ0) is 13.2. The number of alkyl halides is 1. The first kappa shape index (κ1) is 11.9. The third-order valence-electron chi connectivity index (χ3n) is 2.77. The van der Waals surface area contributed by atoms with Gasteiger partial charge in [-0.1, -0.05) is 35.5 Å². The molecule has 0 aliphatic carbocycles. The number of aromatic nitrogens is 4. The summed E-state index contributed by atoms with van der Waals surface area (Å²) in [5.41, 5.74) is 0.916. The van der Waals surface area contributed by atoms with Gasteiger partial charge < -0.3 is 9.09 Å². The van der Waals surface area contributed by atoms with Crippen LogP contribution in [0.25, 0.3) is 11.6 Å². The predicted octanol–water partition coefficient (Wildman–Crippen LogP) is 2.80. The highest BCUT2D eigenvalue weighted by Gasteiger charge is 2.20. The molecule has 3 rings (SSSR count). The molecule has 0 N–H and O–H groups in total. The number of imidazole rings is 1. The van der Waals surface area contributed by atoms with Crippen LogP contribution in [-0.2, 0) is 7.05 Å². The molecular formula is C13H11ClN4O. The van der Waals surface area contributed by atoms with Gasteiger partial charge in [0.05, 0.1) is 0 Å². The third-order valence-corrected chi connectivity index (χ3v) is 3.21. The highest BCUT2D eigenvalue weighted by molar-refractivity contribution is 6.22. The van der Waals surface area contributed by atoms with Gasteiger partial charge in [-0.3, -0.25) is 0 Å². The van der Waals surface area contributed by atoms with Gasteiger partial charge in [0.15, 0.2) is 5.82 Å². The van der Waals surface area contributed by atoms with Crippen molar-refractivity contribution in [1.82, 2.24) is 19.7 Å². The van der Waals surface area contributed by atoms with Crippen LogP contribution >= 0.6 is 11.6 Å². The van der Waals surface area contributed by atoms with Gasteiger partial charge in [-0.15, -0.1) is 11.6 Å². The fourth-order valence-electron chi connectivity index (χ4n) is 1.77. The van der Waals surface area contributed by atoms with Gasteiger partial charge in [-0.2, -0.15) is 4.98 Å². The van der Waals surface area contributed by atoms with Gasteiger partial charge >= 0.3 is 0 Å². The second-order valence-electron chi connectivity index (χ2n) is 4.09. The average molecular weight is 275 g/mol. The van der Waals surface area contributed by atoms with Crippen LogP contribution in [0.5, 0.6) is 0 Å². The maximum atomic E-state index is 6.32. The minimum absolute atomic E-state index is 0.367. The predicted molar refractivity (Wildman–Crippen MR) is 70.6 cm³/mol. The Morgan fingerprint density at radius 1 is 1.26 bits per heavy atom. The number of hydrogen-bond acceptors (Lipinski definition) is 4. The van der Waals surface area contributed by atoms with E-state index in [-0.39, 0.29) is 0 Å². The minimum Gasteiger partial charge on any atom is -0.337 e. The molecule has 0 aliphatic rings. The van der Waals surface area contributed by atoms with Crippen LogP contribution in [0.2, 0.25) is 0 Å². The summed E-state index contributed by atoms with van der Waals surface area (Å²) < 4.78 is 7.03. The van der Waals surface area contributed by atoms with Gasteiger partial charge in [0.25, 0.3) is 0 Å². The first-order valence-corrected chi connectivity index (χ1v) is 6.19. The first-order valence-electron chi connectivity index (χ1n) is 5.76. The highest BCUT2D eigenvalue weighted by atomic mass is 35.5. The van der Waals surface area contributed by atoms with Crippen LogP contribution in [0, 0.1) is 0 Å². The Labute approximate surface area is 114 Å². The van der Waals surface area contributed by atoms with Crippen molar-refractivity contribution in [2.45, 2.75) is 5.38 Å². The number of benzene rings is 1. The molecule has 1 aromatic carbocycles. The molecule has 0 aliphatic heterocycles. The van der Waals surface area contributed by atoms with Crippen LogP contribution in [0.4, 0.5) is 0 Å². The van der Waals surface area contributed by atoms with Crippen molar-refractivity contribution in [3.05, 3.63) is 54.2 Å². The molecule has 1 unspecified atom stereocenters. The van der Waals surface area contributed by atoms with E-state index in [1.807, 2.05) is 48.1 Å². The van der Waals surface area contributed by atoms with Crippen molar-refractivity contribution in [2.75, 3.05) is 0 Å². The molecule has 0 saturated carbocycles. The lowest BCUT2D eigenvalue weighted by molar-refractivity contribution is 0.382. The summed E-state index contributed by atoms with van der Waals surface area (Å²) in [7, 11) is 1.87. The molecule has 0 spiro atoms. The molecular weight excluding hydrogens is 264 g/mol. The van der Waals surface area contributed by atoms with Crippen molar-refractivity contribution < 1.29 is 4.52 Å². The Hall–Kier alpha value is -2.14. The van der Waals surface area contributed by atoms with E-state index >= 15 is 0 Å². The van der Waals surface area contributed by atoms with Crippen molar-refractivity contribution in [2.24, 2.45) is 7.05 Å². The fraction of sp³-hybridized carbons (Fsp3) is 0.154. The summed E-state index contributed by atoms with van der Waals surface area (Å²) in [4.78, 5) is 8.46. The summed E-state index contributed by atoms with van der Waals surface area (Å²) in [6.07, 6.45) is 3.50. The maximum Gasteiger partial charge on any atom is 0.249 e. The summed E-state index contributed by atoms with van der Waals surface area (Å²) in [6, 6.07) is 9.60. The SMILES string of the molecule is Cn1ccnc1-c1noc(C(Cl)c2ccccc2)n1. The lowest BCUT2D eigenvalue weighted by Gasteiger charge is -2.03. The van der Waals surface area contributed by atoms with E-state index < -0.39 is 5.38 Å². The molecule has 2 aromatic heterocycles. The summed E-state index contributed by atoms with van der Waals surface area (Å²) >= 11 is 6.32. The topological polar surface area (TPSA) is 56.7 Å². The van der Waals surface area contributed by atoms with Gasteiger partial charge in [-0.05, 0) is 5.56 Å². The molecule has 5 nitrogen and oxygen atoms in total. The zero-order valence-electron chi connectivity index (χ0n) is 10.2. The highest BCUT2D eigenvalue weighted by Crippen LogP contribution is 2.28. The number of halogens is 1. The monoisotopic (exact) mass is 274 g/mol. The molecule has 1 atom stereocenters. The van der Waals surface area contributed by atoms with Crippen LogP contribution in [-0.4, -0.2) is 19.7 Å². The van der Waals surface area contributed by atoms with E-state index in [1.165, 1.54) is 0 Å². The third kappa shape index (κ3) is 2.24. The summed E-state index contributed by atoms with van der Waals surface area (Å²) in [5.74, 6) is 1.45. The Balaban J connectivity index is 1.92. The summed E-state index contributed by atoms with van der Waals surface area (Å²) in [6.45, 7) is 0. The summed E-state index contributed by atoms with van der Waals surface area (Å²) in [5, 5.41) is 3.46. The largest absolute Gasteiger partial charge is 0.337 e. The molecule has 0 fully saturated rings. The fourth-order valence-corrected chi connectivity index (χ4v) is 2.01. The molecule has 0 bridgehead atoms. The molecule has 19 heavy (non-hydrogen) atoms. The number of nitrogens with zero attached hydrogens (tertiary/aromatic N) is 4. The van der Waals surface area contributed by atoms with Gasteiger partial charge in [0.1, 0.15) is 5.38 Å². The second kappa shape index (κ2) is 4.85. The number of rotatable bonds is 3. The van der Waals surface area contributed by atoms with Crippen molar-refractivity contribution in [3.8, 4) is 11.6 Å². The standard InChI is InChI=1S/C13H11ClN4O/c1-18-8-7-15-12(18)11-16-13(19-17-11)10(14)9-5-3-2-4-6-9/h2-8,10H,1H3. The van der Waals surface area contributed by atoms with E-state index in [1.54, 1.807) is 6.20 Å². The molecule has 0 saturated heterocycles.